The molecule has 2 nitrogen and oxygen atoms in total. The molecule has 3 heteroatoms. The van der Waals surface area contributed by atoms with Gasteiger partial charge in [-0.3, -0.25) is 0 Å². The standard InChI is InChI=1S/C15H19FN2/c1-9-10(2)18-15-13(9)7-12(8-14(15)16)11-3-5-17-6-4-11/h7-8,11,17-18H,3-6H2,1-2H3. The number of hydrogen-bond acceptors (Lipinski definition) is 1. The van der Waals surface area contributed by atoms with Gasteiger partial charge in [-0.1, -0.05) is 0 Å². The van der Waals surface area contributed by atoms with Crippen molar-refractivity contribution in [3.8, 4) is 0 Å². The zero-order valence-corrected chi connectivity index (χ0v) is 10.9. The molecule has 18 heavy (non-hydrogen) atoms. The normalized spacial score (nSPS) is 17.5. The highest BCUT2D eigenvalue weighted by Crippen LogP contribution is 2.31. The Labute approximate surface area is 107 Å². The van der Waals surface area contributed by atoms with E-state index < -0.39 is 0 Å². The summed E-state index contributed by atoms with van der Waals surface area (Å²) in [5, 5.41) is 4.39. The summed E-state index contributed by atoms with van der Waals surface area (Å²) in [7, 11) is 0. The third kappa shape index (κ3) is 1.83. The van der Waals surface area contributed by atoms with Crippen molar-refractivity contribution in [2.24, 2.45) is 0 Å². The van der Waals surface area contributed by atoms with Crippen LogP contribution in [0.15, 0.2) is 12.1 Å². The van der Waals surface area contributed by atoms with Crippen LogP contribution in [0.5, 0.6) is 0 Å². The maximum Gasteiger partial charge on any atom is 0.147 e. The summed E-state index contributed by atoms with van der Waals surface area (Å²) in [5.74, 6) is 0.386. The van der Waals surface area contributed by atoms with Gasteiger partial charge in [0, 0.05) is 11.1 Å². The molecule has 0 radical (unpaired) electrons. The topological polar surface area (TPSA) is 27.8 Å². The van der Waals surface area contributed by atoms with Crippen molar-refractivity contribution in [3.05, 3.63) is 34.8 Å². The first kappa shape index (κ1) is 11.7. The molecule has 1 aliphatic rings. The average Bonchev–Trinajstić information content (AvgIpc) is 2.68. The molecule has 1 fully saturated rings. The highest BCUT2D eigenvalue weighted by Gasteiger charge is 2.18. The number of H-pyrrole nitrogens is 1. The molecular weight excluding hydrogens is 227 g/mol. The maximum absolute atomic E-state index is 14.1. The Morgan fingerprint density at radius 2 is 1.89 bits per heavy atom. The summed E-state index contributed by atoms with van der Waals surface area (Å²) in [6.07, 6.45) is 2.21. The highest BCUT2D eigenvalue weighted by molar-refractivity contribution is 5.85. The number of aromatic nitrogens is 1. The number of halogens is 1. The van der Waals surface area contributed by atoms with E-state index in [1.54, 1.807) is 6.07 Å². The first-order valence-electron chi connectivity index (χ1n) is 6.66. The van der Waals surface area contributed by atoms with E-state index in [0.29, 0.717) is 11.4 Å². The largest absolute Gasteiger partial charge is 0.356 e. The van der Waals surface area contributed by atoms with E-state index in [1.165, 1.54) is 5.56 Å². The number of aromatic amines is 1. The number of benzene rings is 1. The first-order valence-corrected chi connectivity index (χ1v) is 6.66. The fourth-order valence-electron chi connectivity index (χ4n) is 2.92. The number of hydrogen-bond donors (Lipinski definition) is 2. The summed E-state index contributed by atoms with van der Waals surface area (Å²) in [6.45, 7) is 6.13. The summed E-state index contributed by atoms with van der Waals surface area (Å²) < 4.78 is 14.1. The van der Waals surface area contributed by atoms with Crippen molar-refractivity contribution in [1.82, 2.24) is 10.3 Å². The fourth-order valence-corrected chi connectivity index (χ4v) is 2.92. The van der Waals surface area contributed by atoms with Crippen LogP contribution >= 0.6 is 0 Å². The number of nitrogens with one attached hydrogen (secondary N) is 2. The summed E-state index contributed by atoms with van der Waals surface area (Å²) in [5.41, 5.74) is 4.04. The molecule has 1 aromatic heterocycles. The molecule has 0 atom stereocenters. The van der Waals surface area contributed by atoms with E-state index in [1.807, 2.05) is 6.92 Å². The molecule has 2 aromatic rings. The Morgan fingerprint density at radius 3 is 2.61 bits per heavy atom. The molecule has 1 aliphatic heterocycles. The molecule has 1 saturated heterocycles. The molecule has 0 spiro atoms. The van der Waals surface area contributed by atoms with Crippen LogP contribution in [0.25, 0.3) is 10.9 Å². The van der Waals surface area contributed by atoms with Gasteiger partial charge in [-0.05, 0) is 69.0 Å². The van der Waals surface area contributed by atoms with E-state index >= 15 is 0 Å². The van der Waals surface area contributed by atoms with Crippen LogP contribution in [0.2, 0.25) is 0 Å². The summed E-state index contributed by atoms with van der Waals surface area (Å²) in [4.78, 5) is 3.14. The van der Waals surface area contributed by atoms with Crippen molar-refractivity contribution in [2.75, 3.05) is 13.1 Å². The molecule has 3 rings (SSSR count). The van der Waals surface area contributed by atoms with E-state index in [4.69, 9.17) is 0 Å². The van der Waals surface area contributed by atoms with Gasteiger partial charge >= 0.3 is 0 Å². The number of piperidine rings is 1. The molecular formula is C15H19FN2. The summed E-state index contributed by atoms with van der Waals surface area (Å²) in [6, 6.07) is 3.89. The van der Waals surface area contributed by atoms with E-state index in [9.17, 15) is 4.39 Å². The van der Waals surface area contributed by atoms with Crippen LogP contribution in [-0.4, -0.2) is 18.1 Å². The highest BCUT2D eigenvalue weighted by atomic mass is 19.1. The van der Waals surface area contributed by atoms with Crippen LogP contribution in [0.1, 0.15) is 35.6 Å². The molecule has 1 aromatic carbocycles. The average molecular weight is 246 g/mol. The lowest BCUT2D eigenvalue weighted by molar-refractivity contribution is 0.459. The number of fused-ring (bicyclic) bond motifs is 1. The van der Waals surface area contributed by atoms with Crippen molar-refractivity contribution in [2.45, 2.75) is 32.6 Å². The van der Waals surface area contributed by atoms with Gasteiger partial charge in [0.2, 0.25) is 0 Å². The van der Waals surface area contributed by atoms with Crippen LogP contribution in [0.3, 0.4) is 0 Å². The Morgan fingerprint density at radius 1 is 1.17 bits per heavy atom. The Bertz CT molecular complexity index is 580. The van der Waals surface area contributed by atoms with Gasteiger partial charge in [0.15, 0.2) is 0 Å². The predicted molar refractivity (Wildman–Crippen MR) is 72.6 cm³/mol. The minimum atomic E-state index is -0.114. The van der Waals surface area contributed by atoms with Gasteiger partial charge in [-0.2, -0.15) is 0 Å². The van der Waals surface area contributed by atoms with Crippen LogP contribution in [0.4, 0.5) is 4.39 Å². The molecule has 0 aliphatic carbocycles. The van der Waals surface area contributed by atoms with Crippen molar-refractivity contribution >= 4 is 10.9 Å². The Balaban J connectivity index is 2.10. The SMILES string of the molecule is Cc1[nH]c2c(F)cc(C3CCNCC3)cc2c1C. The van der Waals surface area contributed by atoms with E-state index in [2.05, 4.69) is 23.3 Å². The Kier molecular flexibility index (Phi) is 2.86. The Hall–Kier alpha value is -1.35. The molecule has 0 unspecified atom stereocenters. The van der Waals surface area contributed by atoms with Gasteiger partial charge < -0.3 is 10.3 Å². The monoisotopic (exact) mass is 246 g/mol. The molecule has 0 bridgehead atoms. The number of aryl methyl sites for hydroxylation is 2. The predicted octanol–water partition coefficient (Wildman–Crippen LogP) is 3.39. The summed E-state index contributed by atoms with van der Waals surface area (Å²) >= 11 is 0. The van der Waals surface area contributed by atoms with Gasteiger partial charge in [-0.25, -0.2) is 4.39 Å². The maximum atomic E-state index is 14.1. The number of rotatable bonds is 1. The van der Waals surface area contributed by atoms with Gasteiger partial charge in [0.25, 0.3) is 0 Å². The quantitative estimate of drug-likeness (QED) is 0.793. The fraction of sp³-hybridized carbons (Fsp3) is 0.467. The third-order valence-corrected chi connectivity index (χ3v) is 4.20. The van der Waals surface area contributed by atoms with Crippen LogP contribution in [-0.2, 0) is 0 Å². The van der Waals surface area contributed by atoms with Gasteiger partial charge in [0.05, 0.1) is 5.52 Å². The molecule has 2 heterocycles. The molecule has 2 N–H and O–H groups in total. The van der Waals surface area contributed by atoms with Crippen LogP contribution < -0.4 is 5.32 Å². The molecule has 0 amide bonds. The lowest BCUT2D eigenvalue weighted by Gasteiger charge is -2.23. The molecule has 96 valence electrons. The zero-order chi connectivity index (χ0) is 12.7. The van der Waals surface area contributed by atoms with Crippen molar-refractivity contribution in [3.63, 3.8) is 0 Å². The zero-order valence-electron chi connectivity index (χ0n) is 10.9. The minimum Gasteiger partial charge on any atom is -0.356 e. The van der Waals surface area contributed by atoms with Crippen LogP contribution in [0, 0.1) is 19.7 Å². The van der Waals surface area contributed by atoms with Crippen molar-refractivity contribution < 1.29 is 4.39 Å². The van der Waals surface area contributed by atoms with Gasteiger partial charge in [0.1, 0.15) is 5.82 Å². The smallest absolute Gasteiger partial charge is 0.147 e. The van der Waals surface area contributed by atoms with Crippen molar-refractivity contribution in [1.29, 1.82) is 0 Å². The second-order valence-corrected chi connectivity index (χ2v) is 5.32. The first-order chi connectivity index (χ1) is 8.66. The molecule has 0 saturated carbocycles. The van der Waals surface area contributed by atoms with Gasteiger partial charge in [-0.15, -0.1) is 0 Å². The van der Waals surface area contributed by atoms with E-state index in [-0.39, 0.29) is 5.82 Å². The lowest BCUT2D eigenvalue weighted by Crippen LogP contribution is -2.26. The third-order valence-electron chi connectivity index (χ3n) is 4.20. The van der Waals surface area contributed by atoms with E-state index in [0.717, 1.165) is 42.6 Å². The second-order valence-electron chi connectivity index (χ2n) is 5.32. The lowest BCUT2D eigenvalue weighted by atomic mass is 9.89. The minimum absolute atomic E-state index is 0.114. The second kappa shape index (κ2) is 4.39.